The van der Waals surface area contributed by atoms with Gasteiger partial charge in [0.2, 0.25) is 0 Å². The number of pyridine rings is 1. The summed E-state index contributed by atoms with van der Waals surface area (Å²) in [5.74, 6) is 0.0777. The Morgan fingerprint density at radius 3 is 2.42 bits per heavy atom. The summed E-state index contributed by atoms with van der Waals surface area (Å²) in [6.45, 7) is 4.64. The van der Waals surface area contributed by atoms with E-state index in [2.05, 4.69) is 18.8 Å². The highest BCUT2D eigenvalue weighted by molar-refractivity contribution is 5.93. The number of aromatic amines is 1. The summed E-state index contributed by atoms with van der Waals surface area (Å²) in [5, 5.41) is 0. The molecule has 0 radical (unpaired) electrons. The zero-order valence-corrected chi connectivity index (χ0v) is 14.5. The summed E-state index contributed by atoms with van der Waals surface area (Å²) >= 11 is 0. The molecule has 0 aliphatic rings. The molecule has 0 fully saturated rings. The van der Waals surface area contributed by atoms with Crippen LogP contribution < -0.4 is 11.3 Å². The van der Waals surface area contributed by atoms with Crippen molar-refractivity contribution in [3.05, 3.63) is 58.4 Å². The lowest BCUT2D eigenvalue weighted by molar-refractivity contribution is 0.0787. The van der Waals surface area contributed by atoms with Gasteiger partial charge in [-0.15, -0.1) is 0 Å². The van der Waals surface area contributed by atoms with Gasteiger partial charge in [0.15, 0.2) is 0 Å². The van der Waals surface area contributed by atoms with Crippen LogP contribution in [0.5, 0.6) is 0 Å². The molecule has 128 valence electrons. The summed E-state index contributed by atoms with van der Waals surface area (Å²) in [5.41, 5.74) is 7.39. The van der Waals surface area contributed by atoms with Gasteiger partial charge in [-0.25, -0.2) is 0 Å². The molecule has 3 N–H and O–H groups in total. The van der Waals surface area contributed by atoms with Gasteiger partial charge in [-0.1, -0.05) is 44.2 Å². The first kappa shape index (κ1) is 17.9. The Kier molecular flexibility index (Phi) is 5.93. The molecule has 0 spiro atoms. The number of nitrogens with one attached hydrogen (secondary N) is 1. The van der Waals surface area contributed by atoms with Crippen LogP contribution in [0.1, 0.15) is 30.6 Å². The molecule has 0 aliphatic heterocycles. The van der Waals surface area contributed by atoms with Crippen LogP contribution in [0.3, 0.4) is 0 Å². The minimum Gasteiger partial charge on any atom is -0.341 e. The second kappa shape index (κ2) is 7.93. The number of rotatable bonds is 6. The number of amides is 1. The smallest absolute Gasteiger partial charge is 0.261 e. The predicted molar refractivity (Wildman–Crippen MR) is 96.9 cm³/mol. The van der Waals surface area contributed by atoms with E-state index >= 15 is 0 Å². The standard InChI is InChI=1S/C19H25N3O2/c1-13(2)16(20)11-12-22(3)19(24)15-9-10-17(21-18(15)23)14-7-5-4-6-8-14/h4-10,13,16H,11-12,20H2,1-3H3,(H,21,23). The Bertz CT molecular complexity index is 738. The van der Waals surface area contributed by atoms with Crippen LogP contribution in [0.4, 0.5) is 0 Å². The van der Waals surface area contributed by atoms with Crippen molar-refractivity contribution >= 4 is 5.91 Å². The maximum Gasteiger partial charge on any atom is 0.261 e. The monoisotopic (exact) mass is 327 g/mol. The highest BCUT2D eigenvalue weighted by Crippen LogP contribution is 2.15. The number of nitrogens with two attached hydrogens (primary N) is 1. The fourth-order valence-corrected chi connectivity index (χ4v) is 2.41. The third-order valence-electron chi connectivity index (χ3n) is 4.23. The van der Waals surface area contributed by atoms with Gasteiger partial charge in [0.1, 0.15) is 5.56 Å². The van der Waals surface area contributed by atoms with Crippen LogP contribution in [-0.4, -0.2) is 35.4 Å². The van der Waals surface area contributed by atoms with Crippen LogP contribution >= 0.6 is 0 Å². The second-order valence-electron chi connectivity index (χ2n) is 6.40. The normalized spacial score (nSPS) is 12.2. The van der Waals surface area contributed by atoms with Crippen LogP contribution in [-0.2, 0) is 0 Å². The second-order valence-corrected chi connectivity index (χ2v) is 6.40. The highest BCUT2D eigenvalue weighted by Gasteiger charge is 2.17. The molecule has 5 heteroatoms. The maximum atomic E-state index is 12.5. The van der Waals surface area contributed by atoms with Crippen molar-refractivity contribution in [2.45, 2.75) is 26.3 Å². The molecular formula is C19H25N3O2. The minimum atomic E-state index is -0.374. The van der Waals surface area contributed by atoms with E-state index in [0.29, 0.717) is 24.6 Å². The van der Waals surface area contributed by atoms with Crippen molar-refractivity contribution in [2.75, 3.05) is 13.6 Å². The first-order valence-electron chi connectivity index (χ1n) is 8.20. The molecule has 1 aromatic heterocycles. The first-order chi connectivity index (χ1) is 11.4. The maximum absolute atomic E-state index is 12.5. The Morgan fingerprint density at radius 1 is 1.17 bits per heavy atom. The molecule has 2 aromatic rings. The van der Waals surface area contributed by atoms with E-state index in [-0.39, 0.29) is 23.1 Å². The number of carbonyl (C=O) groups excluding carboxylic acids is 1. The number of H-pyrrole nitrogens is 1. The molecule has 1 amide bonds. The number of hydrogen-bond acceptors (Lipinski definition) is 3. The van der Waals surface area contributed by atoms with Crippen LogP contribution in [0.15, 0.2) is 47.3 Å². The number of carbonyl (C=O) groups is 1. The lowest BCUT2D eigenvalue weighted by Gasteiger charge is -2.21. The molecule has 0 saturated carbocycles. The Hall–Kier alpha value is -2.40. The molecule has 1 atom stereocenters. The zero-order chi connectivity index (χ0) is 17.7. The molecule has 1 aromatic carbocycles. The Morgan fingerprint density at radius 2 is 1.83 bits per heavy atom. The van der Waals surface area contributed by atoms with Crippen molar-refractivity contribution in [2.24, 2.45) is 11.7 Å². The molecule has 0 aliphatic carbocycles. The number of benzene rings is 1. The lowest BCUT2D eigenvalue weighted by Crippen LogP contribution is -2.36. The Balaban J connectivity index is 2.11. The first-order valence-corrected chi connectivity index (χ1v) is 8.20. The summed E-state index contributed by atoms with van der Waals surface area (Å²) in [6, 6.07) is 12.9. The van der Waals surface area contributed by atoms with E-state index in [1.54, 1.807) is 24.1 Å². The van der Waals surface area contributed by atoms with Gasteiger partial charge < -0.3 is 15.6 Å². The van der Waals surface area contributed by atoms with Crippen molar-refractivity contribution in [1.29, 1.82) is 0 Å². The number of nitrogens with zero attached hydrogens (tertiary/aromatic N) is 1. The SMILES string of the molecule is CC(C)C(N)CCN(C)C(=O)c1ccc(-c2ccccc2)[nH]c1=O. The van der Waals surface area contributed by atoms with Gasteiger partial charge in [-0.05, 0) is 30.0 Å². The molecule has 2 rings (SSSR count). The van der Waals surface area contributed by atoms with Gasteiger partial charge >= 0.3 is 0 Å². The van der Waals surface area contributed by atoms with Crippen molar-refractivity contribution < 1.29 is 4.79 Å². The van der Waals surface area contributed by atoms with Gasteiger partial charge in [0.25, 0.3) is 11.5 Å². The molecule has 5 nitrogen and oxygen atoms in total. The molecule has 1 heterocycles. The highest BCUT2D eigenvalue weighted by atomic mass is 16.2. The number of hydrogen-bond donors (Lipinski definition) is 2. The van der Waals surface area contributed by atoms with E-state index in [1.165, 1.54) is 0 Å². The molecule has 1 unspecified atom stereocenters. The van der Waals surface area contributed by atoms with Gasteiger partial charge in [0.05, 0.1) is 0 Å². The summed E-state index contributed by atoms with van der Waals surface area (Å²) in [6.07, 6.45) is 0.708. The summed E-state index contributed by atoms with van der Waals surface area (Å²) in [4.78, 5) is 29.1. The van der Waals surface area contributed by atoms with Crippen LogP contribution in [0, 0.1) is 5.92 Å². The van der Waals surface area contributed by atoms with E-state index in [4.69, 9.17) is 5.73 Å². The zero-order valence-electron chi connectivity index (χ0n) is 14.5. The number of aromatic nitrogens is 1. The largest absolute Gasteiger partial charge is 0.341 e. The average Bonchev–Trinajstić information content (AvgIpc) is 2.59. The van der Waals surface area contributed by atoms with Gasteiger partial charge in [0, 0.05) is 25.3 Å². The molecule has 24 heavy (non-hydrogen) atoms. The van der Waals surface area contributed by atoms with Crippen molar-refractivity contribution in [1.82, 2.24) is 9.88 Å². The quantitative estimate of drug-likeness (QED) is 0.855. The topological polar surface area (TPSA) is 79.2 Å². The minimum absolute atomic E-state index is 0.0407. The van der Waals surface area contributed by atoms with Crippen molar-refractivity contribution in [3.63, 3.8) is 0 Å². The molecular weight excluding hydrogens is 302 g/mol. The lowest BCUT2D eigenvalue weighted by atomic mass is 10.0. The van der Waals surface area contributed by atoms with E-state index in [1.807, 2.05) is 30.3 Å². The fraction of sp³-hybridized carbons (Fsp3) is 0.368. The van der Waals surface area contributed by atoms with Crippen LogP contribution in [0.2, 0.25) is 0 Å². The molecule has 0 bridgehead atoms. The summed E-state index contributed by atoms with van der Waals surface area (Å²) < 4.78 is 0. The van der Waals surface area contributed by atoms with E-state index in [0.717, 1.165) is 5.56 Å². The van der Waals surface area contributed by atoms with Crippen molar-refractivity contribution in [3.8, 4) is 11.3 Å². The molecule has 0 saturated heterocycles. The summed E-state index contributed by atoms with van der Waals surface area (Å²) in [7, 11) is 1.69. The third kappa shape index (κ3) is 4.32. The fourth-order valence-electron chi connectivity index (χ4n) is 2.41. The Labute approximate surface area is 142 Å². The average molecular weight is 327 g/mol. The van der Waals surface area contributed by atoms with E-state index in [9.17, 15) is 9.59 Å². The van der Waals surface area contributed by atoms with Gasteiger partial charge in [-0.3, -0.25) is 9.59 Å². The van der Waals surface area contributed by atoms with E-state index < -0.39 is 0 Å². The van der Waals surface area contributed by atoms with Crippen LogP contribution in [0.25, 0.3) is 11.3 Å². The predicted octanol–water partition coefficient (Wildman–Crippen LogP) is 2.49. The van der Waals surface area contributed by atoms with Gasteiger partial charge in [-0.2, -0.15) is 0 Å². The third-order valence-corrected chi connectivity index (χ3v) is 4.23.